The van der Waals surface area contributed by atoms with Gasteiger partial charge < -0.3 is 8.83 Å². The zero-order valence-electron chi connectivity index (χ0n) is 30.8. The first-order chi connectivity index (χ1) is 28.6. The summed E-state index contributed by atoms with van der Waals surface area (Å²) in [4.78, 5) is 19.8. The van der Waals surface area contributed by atoms with E-state index >= 15 is 0 Å². The van der Waals surface area contributed by atoms with E-state index in [1.54, 1.807) is 18.3 Å². The van der Waals surface area contributed by atoms with Crippen LogP contribution in [0.5, 0.6) is 0 Å². The molecular weight excluding hydrogens is 715 g/mol. The molecule has 0 aliphatic heterocycles. The Hall–Kier alpha value is -8.21. The molecule has 0 aliphatic rings. The lowest BCUT2D eigenvalue weighted by Gasteiger charge is -2.14. The van der Waals surface area contributed by atoms with Gasteiger partial charge in [0.25, 0.3) is 0 Å². The van der Waals surface area contributed by atoms with Crippen LogP contribution >= 0.6 is 0 Å². The van der Waals surface area contributed by atoms with Gasteiger partial charge in [0.05, 0.1) is 11.6 Å². The van der Waals surface area contributed by atoms with Crippen LogP contribution in [0.25, 0.3) is 111 Å². The lowest BCUT2D eigenvalue weighted by molar-refractivity contribution is 0.668. The fourth-order valence-corrected chi connectivity index (χ4v) is 7.80. The summed E-state index contributed by atoms with van der Waals surface area (Å²) in [5.41, 5.74) is 12.3. The predicted molar refractivity (Wildman–Crippen MR) is 230 cm³/mol. The number of hydrogen-bond donors (Lipinski definition) is 0. The maximum atomic E-state index is 9.55. The largest absolute Gasteiger partial charge is 0.456 e. The summed E-state index contributed by atoms with van der Waals surface area (Å²) in [6.07, 6.45) is 3.61. The molecule has 7 nitrogen and oxygen atoms in total. The maximum Gasteiger partial charge on any atom is 0.164 e. The molecule has 0 fully saturated rings. The first kappa shape index (κ1) is 33.2. The Kier molecular flexibility index (Phi) is 7.73. The zero-order valence-corrected chi connectivity index (χ0v) is 30.8. The van der Waals surface area contributed by atoms with Crippen molar-refractivity contribution in [1.29, 1.82) is 5.26 Å². The van der Waals surface area contributed by atoms with Gasteiger partial charge in [0.15, 0.2) is 17.5 Å². The molecule has 0 amide bonds. The molecular formula is C51H29N5O2. The van der Waals surface area contributed by atoms with Crippen LogP contribution < -0.4 is 0 Å². The summed E-state index contributed by atoms with van der Waals surface area (Å²) in [6, 6.07) is 57.0. The van der Waals surface area contributed by atoms with E-state index in [2.05, 4.69) is 71.7 Å². The summed E-state index contributed by atoms with van der Waals surface area (Å²) in [6.45, 7) is 0. The van der Waals surface area contributed by atoms with Crippen molar-refractivity contribution in [3.8, 4) is 73.6 Å². The Balaban J connectivity index is 1.15. The number of hydrogen-bond acceptors (Lipinski definition) is 7. The van der Waals surface area contributed by atoms with Crippen LogP contribution in [-0.2, 0) is 0 Å². The molecule has 0 bridgehead atoms. The third-order valence-electron chi connectivity index (χ3n) is 10.7. The highest BCUT2D eigenvalue weighted by Crippen LogP contribution is 2.39. The third kappa shape index (κ3) is 5.76. The number of para-hydroxylation sites is 2. The Morgan fingerprint density at radius 1 is 0.379 bits per heavy atom. The molecule has 7 aromatic carbocycles. The number of furan rings is 2. The third-order valence-corrected chi connectivity index (χ3v) is 10.7. The Bertz CT molecular complexity index is 3280. The van der Waals surface area contributed by atoms with Crippen molar-refractivity contribution < 1.29 is 8.83 Å². The van der Waals surface area contributed by atoms with Gasteiger partial charge in [0, 0.05) is 56.2 Å². The van der Waals surface area contributed by atoms with E-state index in [1.807, 2.05) is 97.2 Å². The fraction of sp³-hybridized carbons (Fsp3) is 0. The smallest absolute Gasteiger partial charge is 0.164 e. The highest BCUT2D eigenvalue weighted by Gasteiger charge is 2.19. The standard InChI is InChI=1S/C51H29N5O2/c52-29-31-15-17-32(18-16-31)49-54-50(56-51(55-49)42-12-2-1-9-39(42)35-8-7-23-53-30-35)38-25-36(33-19-21-47-43(27-33)40-10-3-5-13-45(40)57-47)24-37(26-38)34-20-22-48-44(28-34)41-11-4-6-14-46(41)58-48/h1-28,30H. The molecule has 58 heavy (non-hydrogen) atoms. The van der Waals surface area contributed by atoms with E-state index in [1.165, 1.54) is 0 Å². The topological polar surface area (TPSA) is 102 Å². The molecule has 0 N–H and O–H groups in total. The molecule has 11 rings (SSSR count). The molecule has 11 aromatic rings. The van der Waals surface area contributed by atoms with Gasteiger partial charge in [-0.15, -0.1) is 0 Å². The molecule has 0 saturated carbocycles. The second-order valence-corrected chi connectivity index (χ2v) is 14.2. The van der Waals surface area contributed by atoms with Gasteiger partial charge in [-0.1, -0.05) is 78.9 Å². The minimum absolute atomic E-state index is 0.495. The van der Waals surface area contributed by atoms with Crippen molar-refractivity contribution in [2.75, 3.05) is 0 Å². The van der Waals surface area contributed by atoms with E-state index in [9.17, 15) is 5.26 Å². The fourth-order valence-electron chi connectivity index (χ4n) is 7.80. The van der Waals surface area contributed by atoms with Crippen LogP contribution in [0.3, 0.4) is 0 Å². The van der Waals surface area contributed by atoms with E-state index < -0.39 is 0 Å². The molecule has 0 unspecified atom stereocenters. The zero-order chi connectivity index (χ0) is 38.6. The van der Waals surface area contributed by atoms with Crippen molar-refractivity contribution in [3.63, 3.8) is 0 Å². The van der Waals surface area contributed by atoms with Crippen LogP contribution in [0.15, 0.2) is 185 Å². The number of benzene rings is 7. The van der Waals surface area contributed by atoms with Gasteiger partial charge in [0.1, 0.15) is 22.3 Å². The second kappa shape index (κ2) is 13.5. The van der Waals surface area contributed by atoms with Gasteiger partial charge in [-0.3, -0.25) is 4.98 Å². The van der Waals surface area contributed by atoms with E-state index in [0.29, 0.717) is 23.0 Å². The molecule has 0 saturated heterocycles. The SMILES string of the molecule is N#Cc1ccc(-c2nc(-c3cc(-c4ccc5oc6ccccc6c5c4)cc(-c4ccc5oc6ccccc6c5c4)c3)nc(-c3ccccc3-c3cccnc3)n2)cc1. The van der Waals surface area contributed by atoms with Crippen molar-refractivity contribution in [3.05, 3.63) is 182 Å². The summed E-state index contributed by atoms with van der Waals surface area (Å²) >= 11 is 0. The molecule has 0 spiro atoms. The monoisotopic (exact) mass is 743 g/mol. The van der Waals surface area contributed by atoms with Gasteiger partial charge in [-0.05, 0) is 113 Å². The van der Waals surface area contributed by atoms with Gasteiger partial charge in [-0.2, -0.15) is 5.26 Å². The average molecular weight is 744 g/mol. The van der Waals surface area contributed by atoms with Crippen LogP contribution in [0.2, 0.25) is 0 Å². The summed E-state index contributed by atoms with van der Waals surface area (Å²) in [7, 11) is 0. The van der Waals surface area contributed by atoms with Crippen molar-refractivity contribution in [2.45, 2.75) is 0 Å². The van der Waals surface area contributed by atoms with Crippen LogP contribution in [0.1, 0.15) is 5.56 Å². The lowest BCUT2D eigenvalue weighted by atomic mass is 9.94. The number of fused-ring (bicyclic) bond motifs is 6. The predicted octanol–water partition coefficient (Wildman–Crippen LogP) is 12.9. The van der Waals surface area contributed by atoms with E-state index in [-0.39, 0.29) is 0 Å². The number of pyridine rings is 1. The molecule has 4 heterocycles. The first-order valence-corrected chi connectivity index (χ1v) is 18.9. The molecule has 0 atom stereocenters. The average Bonchev–Trinajstić information content (AvgIpc) is 3.87. The molecule has 7 heteroatoms. The quantitative estimate of drug-likeness (QED) is 0.167. The summed E-state index contributed by atoms with van der Waals surface area (Å²) in [5.74, 6) is 1.53. The number of nitrogens with zero attached hydrogens (tertiary/aromatic N) is 5. The van der Waals surface area contributed by atoms with Crippen LogP contribution in [0, 0.1) is 11.3 Å². The van der Waals surface area contributed by atoms with Crippen molar-refractivity contribution >= 4 is 43.9 Å². The molecule has 0 radical (unpaired) electrons. The number of aromatic nitrogens is 4. The second-order valence-electron chi connectivity index (χ2n) is 14.2. The van der Waals surface area contributed by atoms with Crippen molar-refractivity contribution in [1.82, 2.24) is 19.9 Å². The maximum absolute atomic E-state index is 9.55. The number of rotatable bonds is 6. The van der Waals surface area contributed by atoms with Crippen molar-refractivity contribution in [2.24, 2.45) is 0 Å². The molecule has 4 aromatic heterocycles. The van der Waals surface area contributed by atoms with E-state index in [4.69, 9.17) is 23.8 Å². The Morgan fingerprint density at radius 3 is 1.50 bits per heavy atom. The van der Waals surface area contributed by atoms with Crippen LogP contribution in [-0.4, -0.2) is 19.9 Å². The number of nitriles is 1. The molecule has 270 valence electrons. The minimum Gasteiger partial charge on any atom is -0.456 e. The van der Waals surface area contributed by atoms with E-state index in [0.717, 1.165) is 93.9 Å². The normalized spacial score (nSPS) is 11.4. The summed E-state index contributed by atoms with van der Waals surface area (Å²) in [5, 5.41) is 13.8. The van der Waals surface area contributed by atoms with Gasteiger partial charge in [-0.25, -0.2) is 15.0 Å². The highest BCUT2D eigenvalue weighted by atomic mass is 16.3. The van der Waals surface area contributed by atoms with Gasteiger partial charge >= 0.3 is 0 Å². The lowest BCUT2D eigenvalue weighted by Crippen LogP contribution is -2.01. The first-order valence-electron chi connectivity index (χ1n) is 18.9. The Labute approximate surface area is 332 Å². The minimum atomic E-state index is 0.495. The Morgan fingerprint density at radius 2 is 0.897 bits per heavy atom. The van der Waals surface area contributed by atoms with Crippen LogP contribution in [0.4, 0.5) is 0 Å². The molecule has 0 aliphatic carbocycles. The summed E-state index contributed by atoms with van der Waals surface area (Å²) < 4.78 is 12.4. The van der Waals surface area contributed by atoms with Gasteiger partial charge in [0.2, 0.25) is 0 Å². The highest BCUT2D eigenvalue weighted by molar-refractivity contribution is 6.07.